The Kier molecular flexibility index (Phi) is 4.76. The second-order valence-electron chi connectivity index (χ2n) is 4.47. The van der Waals surface area contributed by atoms with E-state index in [1.165, 1.54) is 18.4 Å². The number of hydrogen-bond donors (Lipinski definition) is 1. The fourth-order valence-electron chi connectivity index (χ4n) is 1.41. The van der Waals surface area contributed by atoms with E-state index in [9.17, 15) is 9.59 Å². The SMILES string of the molecule is COC(=O)C(C)(C)NC(=O)[C@H](C)c1ccc(Cl)s1. The highest BCUT2D eigenvalue weighted by atomic mass is 35.5. The Hall–Kier alpha value is -1.07. The van der Waals surface area contributed by atoms with Crippen LogP contribution in [-0.4, -0.2) is 24.5 Å². The van der Waals surface area contributed by atoms with Gasteiger partial charge in [-0.15, -0.1) is 11.3 Å². The van der Waals surface area contributed by atoms with E-state index in [0.717, 1.165) is 4.88 Å². The summed E-state index contributed by atoms with van der Waals surface area (Å²) < 4.78 is 5.27. The summed E-state index contributed by atoms with van der Waals surface area (Å²) in [7, 11) is 1.29. The third kappa shape index (κ3) is 3.46. The first-order valence-corrected chi connectivity index (χ1v) is 6.63. The van der Waals surface area contributed by atoms with Crippen LogP contribution in [0.5, 0.6) is 0 Å². The highest BCUT2D eigenvalue weighted by Crippen LogP contribution is 2.28. The minimum atomic E-state index is -1.04. The fraction of sp³-hybridized carbons (Fsp3) is 0.500. The molecule has 0 saturated heterocycles. The summed E-state index contributed by atoms with van der Waals surface area (Å²) in [6.45, 7) is 4.97. The molecule has 0 fully saturated rings. The molecule has 0 radical (unpaired) electrons. The van der Waals surface area contributed by atoms with E-state index in [1.54, 1.807) is 26.8 Å². The minimum Gasteiger partial charge on any atom is -0.467 e. The first-order valence-electron chi connectivity index (χ1n) is 5.43. The topological polar surface area (TPSA) is 55.4 Å². The Morgan fingerprint density at radius 1 is 1.44 bits per heavy atom. The van der Waals surface area contributed by atoms with Crippen LogP contribution in [0.2, 0.25) is 4.34 Å². The van der Waals surface area contributed by atoms with Crippen molar-refractivity contribution in [3.63, 3.8) is 0 Å². The van der Waals surface area contributed by atoms with Crippen molar-refractivity contribution in [2.45, 2.75) is 32.2 Å². The van der Waals surface area contributed by atoms with Gasteiger partial charge in [0.1, 0.15) is 5.54 Å². The van der Waals surface area contributed by atoms with Gasteiger partial charge in [0, 0.05) is 4.88 Å². The molecular weight excluding hydrogens is 274 g/mol. The Labute approximate surface area is 115 Å². The summed E-state index contributed by atoms with van der Waals surface area (Å²) in [5.74, 6) is -1.07. The van der Waals surface area contributed by atoms with Gasteiger partial charge in [0.05, 0.1) is 17.4 Å². The Morgan fingerprint density at radius 3 is 2.50 bits per heavy atom. The Bertz CT molecular complexity index is 456. The van der Waals surface area contributed by atoms with E-state index >= 15 is 0 Å². The third-order valence-electron chi connectivity index (χ3n) is 2.55. The molecule has 1 aromatic rings. The summed E-state index contributed by atoms with van der Waals surface area (Å²) in [6.07, 6.45) is 0. The second kappa shape index (κ2) is 5.71. The molecule has 1 amide bonds. The van der Waals surface area contributed by atoms with Crippen LogP contribution in [0.3, 0.4) is 0 Å². The molecule has 1 N–H and O–H groups in total. The van der Waals surface area contributed by atoms with E-state index in [-0.39, 0.29) is 11.8 Å². The van der Waals surface area contributed by atoms with E-state index in [4.69, 9.17) is 11.6 Å². The van der Waals surface area contributed by atoms with Crippen molar-refractivity contribution in [1.82, 2.24) is 5.32 Å². The number of carbonyl (C=O) groups excluding carboxylic acids is 2. The number of thiophene rings is 1. The number of methoxy groups -OCH3 is 1. The van der Waals surface area contributed by atoms with E-state index < -0.39 is 11.5 Å². The van der Waals surface area contributed by atoms with Crippen molar-refractivity contribution in [3.05, 3.63) is 21.3 Å². The zero-order valence-electron chi connectivity index (χ0n) is 10.7. The predicted molar refractivity (Wildman–Crippen MR) is 72.0 cm³/mol. The zero-order chi connectivity index (χ0) is 13.9. The quantitative estimate of drug-likeness (QED) is 0.867. The molecule has 6 heteroatoms. The molecule has 0 aliphatic carbocycles. The van der Waals surface area contributed by atoms with Crippen LogP contribution in [-0.2, 0) is 14.3 Å². The summed E-state index contributed by atoms with van der Waals surface area (Å²) in [5.41, 5.74) is -1.04. The minimum absolute atomic E-state index is 0.232. The molecule has 1 aromatic heterocycles. The van der Waals surface area contributed by atoms with Crippen molar-refractivity contribution in [3.8, 4) is 0 Å². The van der Waals surface area contributed by atoms with Crippen LogP contribution in [0.1, 0.15) is 31.6 Å². The number of ether oxygens (including phenoxy) is 1. The first-order chi connectivity index (χ1) is 8.27. The first kappa shape index (κ1) is 15.0. The molecule has 1 heterocycles. The maximum Gasteiger partial charge on any atom is 0.330 e. The molecule has 0 aliphatic rings. The lowest BCUT2D eigenvalue weighted by Gasteiger charge is -2.24. The molecule has 0 bridgehead atoms. The highest BCUT2D eigenvalue weighted by Gasteiger charge is 2.32. The lowest BCUT2D eigenvalue weighted by atomic mass is 10.0. The van der Waals surface area contributed by atoms with Gasteiger partial charge in [-0.2, -0.15) is 0 Å². The average molecular weight is 290 g/mol. The summed E-state index contributed by atoms with van der Waals surface area (Å²) in [4.78, 5) is 24.4. The zero-order valence-corrected chi connectivity index (χ0v) is 12.3. The van der Waals surface area contributed by atoms with Crippen LogP contribution in [0.25, 0.3) is 0 Å². The third-order valence-corrected chi connectivity index (χ3v) is 3.96. The van der Waals surface area contributed by atoms with Gasteiger partial charge >= 0.3 is 5.97 Å². The molecule has 0 aromatic carbocycles. The van der Waals surface area contributed by atoms with Gasteiger partial charge in [0.2, 0.25) is 5.91 Å². The molecule has 4 nitrogen and oxygen atoms in total. The molecular formula is C12H16ClNO3S. The number of carbonyl (C=O) groups is 2. The second-order valence-corrected chi connectivity index (χ2v) is 6.22. The normalized spacial score (nSPS) is 12.9. The van der Waals surface area contributed by atoms with Crippen molar-refractivity contribution in [2.24, 2.45) is 0 Å². The van der Waals surface area contributed by atoms with Gasteiger partial charge in [-0.05, 0) is 32.9 Å². The number of amides is 1. The molecule has 100 valence electrons. The van der Waals surface area contributed by atoms with Gasteiger partial charge in [-0.3, -0.25) is 4.79 Å². The number of halogens is 1. The van der Waals surface area contributed by atoms with Crippen molar-refractivity contribution < 1.29 is 14.3 Å². The summed E-state index contributed by atoms with van der Waals surface area (Å²) in [6, 6.07) is 3.55. The van der Waals surface area contributed by atoms with Gasteiger partial charge < -0.3 is 10.1 Å². The molecule has 1 rings (SSSR count). The fourth-order valence-corrected chi connectivity index (χ4v) is 2.52. The lowest BCUT2D eigenvalue weighted by Crippen LogP contribution is -2.51. The summed E-state index contributed by atoms with van der Waals surface area (Å²) in [5, 5.41) is 2.66. The van der Waals surface area contributed by atoms with Crippen LogP contribution < -0.4 is 5.32 Å². The molecule has 1 atom stereocenters. The Balaban J connectivity index is 2.74. The highest BCUT2D eigenvalue weighted by molar-refractivity contribution is 7.16. The lowest BCUT2D eigenvalue weighted by molar-refractivity contribution is -0.149. The monoisotopic (exact) mass is 289 g/mol. The van der Waals surface area contributed by atoms with Crippen LogP contribution in [0.4, 0.5) is 0 Å². The van der Waals surface area contributed by atoms with Crippen molar-refractivity contribution in [2.75, 3.05) is 7.11 Å². The number of hydrogen-bond acceptors (Lipinski definition) is 4. The Morgan fingerprint density at radius 2 is 2.06 bits per heavy atom. The maximum absolute atomic E-state index is 12.0. The summed E-state index contributed by atoms with van der Waals surface area (Å²) >= 11 is 7.18. The van der Waals surface area contributed by atoms with Gasteiger partial charge in [0.25, 0.3) is 0 Å². The molecule has 0 saturated carbocycles. The standard InChI is InChI=1S/C12H16ClNO3S/c1-7(8-5-6-9(13)18-8)10(15)14-12(2,3)11(16)17-4/h5-7H,1-4H3,(H,14,15)/t7-/m1/s1. The number of nitrogens with one attached hydrogen (secondary N) is 1. The van der Waals surface area contributed by atoms with E-state index in [1.807, 2.05) is 6.07 Å². The smallest absolute Gasteiger partial charge is 0.330 e. The molecule has 0 spiro atoms. The maximum atomic E-state index is 12.0. The molecule has 0 aliphatic heterocycles. The van der Waals surface area contributed by atoms with Gasteiger partial charge in [0.15, 0.2) is 0 Å². The van der Waals surface area contributed by atoms with Crippen LogP contribution in [0, 0.1) is 0 Å². The van der Waals surface area contributed by atoms with Gasteiger partial charge in [-0.1, -0.05) is 11.6 Å². The van der Waals surface area contributed by atoms with Crippen LogP contribution in [0.15, 0.2) is 12.1 Å². The van der Waals surface area contributed by atoms with Crippen molar-refractivity contribution in [1.29, 1.82) is 0 Å². The number of rotatable bonds is 4. The predicted octanol–water partition coefficient (Wildman–Crippen LogP) is 2.57. The van der Waals surface area contributed by atoms with Gasteiger partial charge in [-0.25, -0.2) is 4.79 Å². The van der Waals surface area contributed by atoms with Crippen LogP contribution >= 0.6 is 22.9 Å². The molecule has 18 heavy (non-hydrogen) atoms. The molecule has 0 unspecified atom stereocenters. The van der Waals surface area contributed by atoms with E-state index in [2.05, 4.69) is 10.1 Å². The average Bonchev–Trinajstić information content (AvgIpc) is 2.72. The van der Waals surface area contributed by atoms with Crippen molar-refractivity contribution >= 4 is 34.8 Å². The number of esters is 1. The largest absolute Gasteiger partial charge is 0.467 e. The van der Waals surface area contributed by atoms with E-state index in [0.29, 0.717) is 4.34 Å².